The first-order chi connectivity index (χ1) is 13.2. The van der Waals surface area contributed by atoms with Gasteiger partial charge < -0.3 is 5.32 Å². The Morgan fingerprint density at radius 1 is 1.11 bits per heavy atom. The van der Waals surface area contributed by atoms with Crippen LogP contribution in [-0.4, -0.2) is 23.9 Å². The van der Waals surface area contributed by atoms with Gasteiger partial charge in [0.25, 0.3) is 5.91 Å². The number of halogens is 1. The molecule has 0 saturated heterocycles. The molecular weight excluding hydrogens is 359 g/mol. The van der Waals surface area contributed by atoms with Gasteiger partial charge in [-0.25, -0.2) is 4.39 Å². The second-order valence-electron chi connectivity index (χ2n) is 6.74. The van der Waals surface area contributed by atoms with Crippen molar-refractivity contribution in [3.8, 4) is 0 Å². The minimum atomic E-state index is -0.398. The van der Waals surface area contributed by atoms with Gasteiger partial charge in [0.15, 0.2) is 0 Å². The Hall–Kier alpha value is -2.50. The van der Waals surface area contributed by atoms with Gasteiger partial charge in [0.05, 0.1) is 6.04 Å². The lowest BCUT2D eigenvalue weighted by molar-refractivity contribution is 0.0928. The highest BCUT2D eigenvalue weighted by Crippen LogP contribution is 2.30. The fourth-order valence-corrected chi connectivity index (χ4v) is 4.46. The molecule has 5 heteroatoms. The van der Waals surface area contributed by atoms with E-state index in [-0.39, 0.29) is 11.9 Å². The van der Waals surface area contributed by atoms with Gasteiger partial charge in [-0.2, -0.15) is 0 Å². The number of nitrogens with zero attached hydrogens (tertiary/aromatic N) is 1. The van der Waals surface area contributed by atoms with Gasteiger partial charge in [0, 0.05) is 30.1 Å². The molecule has 0 aliphatic carbocycles. The van der Waals surface area contributed by atoms with E-state index in [0.29, 0.717) is 12.1 Å². The van der Waals surface area contributed by atoms with Crippen LogP contribution in [0.25, 0.3) is 0 Å². The molecule has 2 heterocycles. The van der Waals surface area contributed by atoms with Crippen molar-refractivity contribution in [1.82, 2.24) is 10.2 Å². The van der Waals surface area contributed by atoms with Crippen molar-refractivity contribution in [3.63, 3.8) is 0 Å². The molecule has 0 saturated carbocycles. The Morgan fingerprint density at radius 3 is 2.74 bits per heavy atom. The molecule has 0 fully saturated rings. The Labute approximate surface area is 162 Å². The third-order valence-electron chi connectivity index (χ3n) is 5.02. The molecule has 0 radical (unpaired) electrons. The van der Waals surface area contributed by atoms with Crippen molar-refractivity contribution in [3.05, 3.63) is 93.4 Å². The number of benzene rings is 2. The SMILES string of the molecule is O=C(NC[C@H](c1cccs1)N1CCc2ccccc2C1)c1cccc(F)c1. The molecule has 1 aliphatic heterocycles. The summed E-state index contributed by atoms with van der Waals surface area (Å²) < 4.78 is 13.4. The maximum Gasteiger partial charge on any atom is 0.251 e. The van der Waals surface area contributed by atoms with E-state index < -0.39 is 5.82 Å². The van der Waals surface area contributed by atoms with E-state index in [4.69, 9.17) is 0 Å². The summed E-state index contributed by atoms with van der Waals surface area (Å²) in [7, 11) is 0. The van der Waals surface area contributed by atoms with Crippen LogP contribution in [0, 0.1) is 5.82 Å². The van der Waals surface area contributed by atoms with Gasteiger partial charge in [0.1, 0.15) is 5.82 Å². The first-order valence-electron chi connectivity index (χ1n) is 9.09. The second kappa shape index (κ2) is 8.03. The van der Waals surface area contributed by atoms with E-state index in [2.05, 4.69) is 45.9 Å². The number of fused-ring (bicyclic) bond motifs is 1. The summed E-state index contributed by atoms with van der Waals surface area (Å²) in [5.74, 6) is -0.640. The van der Waals surface area contributed by atoms with E-state index in [1.165, 1.54) is 28.1 Å². The lowest BCUT2D eigenvalue weighted by atomic mass is 9.98. The van der Waals surface area contributed by atoms with Crippen LogP contribution in [0.15, 0.2) is 66.0 Å². The number of amides is 1. The number of rotatable bonds is 5. The van der Waals surface area contributed by atoms with Crippen LogP contribution in [-0.2, 0) is 13.0 Å². The van der Waals surface area contributed by atoms with Crippen molar-refractivity contribution in [2.45, 2.75) is 19.0 Å². The van der Waals surface area contributed by atoms with Crippen LogP contribution in [0.4, 0.5) is 4.39 Å². The smallest absolute Gasteiger partial charge is 0.251 e. The van der Waals surface area contributed by atoms with Crippen LogP contribution in [0.5, 0.6) is 0 Å². The average molecular weight is 380 g/mol. The molecule has 1 amide bonds. The number of carbonyl (C=O) groups excluding carboxylic acids is 1. The summed E-state index contributed by atoms with van der Waals surface area (Å²) >= 11 is 1.70. The Morgan fingerprint density at radius 2 is 1.96 bits per heavy atom. The van der Waals surface area contributed by atoms with Crippen LogP contribution < -0.4 is 5.32 Å². The van der Waals surface area contributed by atoms with Crippen molar-refractivity contribution in [2.75, 3.05) is 13.1 Å². The predicted octanol–water partition coefficient (Wildman–Crippen LogP) is 4.42. The van der Waals surface area contributed by atoms with Crippen molar-refractivity contribution < 1.29 is 9.18 Å². The summed E-state index contributed by atoms with van der Waals surface area (Å²) in [6, 6.07) is 18.6. The highest BCUT2D eigenvalue weighted by Gasteiger charge is 2.26. The third kappa shape index (κ3) is 4.10. The summed E-state index contributed by atoms with van der Waals surface area (Å²) in [4.78, 5) is 16.1. The van der Waals surface area contributed by atoms with Crippen molar-refractivity contribution >= 4 is 17.2 Å². The molecule has 138 valence electrons. The first kappa shape index (κ1) is 17.9. The fourth-order valence-electron chi connectivity index (χ4n) is 3.60. The zero-order valence-electron chi connectivity index (χ0n) is 14.9. The van der Waals surface area contributed by atoms with E-state index >= 15 is 0 Å². The molecule has 2 aromatic carbocycles. The zero-order valence-corrected chi connectivity index (χ0v) is 15.7. The number of nitrogens with one attached hydrogen (secondary N) is 1. The quantitative estimate of drug-likeness (QED) is 0.711. The molecular formula is C22H21FN2OS. The Balaban J connectivity index is 1.50. The molecule has 3 nitrogen and oxygen atoms in total. The third-order valence-corrected chi connectivity index (χ3v) is 5.99. The van der Waals surface area contributed by atoms with Crippen LogP contribution in [0.1, 0.15) is 32.4 Å². The monoisotopic (exact) mass is 380 g/mol. The minimum Gasteiger partial charge on any atom is -0.350 e. The number of hydrogen-bond acceptors (Lipinski definition) is 3. The van der Waals surface area contributed by atoms with Gasteiger partial charge in [0.2, 0.25) is 0 Å². The first-order valence-corrected chi connectivity index (χ1v) is 9.96. The fraction of sp³-hybridized carbons (Fsp3) is 0.227. The zero-order chi connectivity index (χ0) is 18.6. The number of hydrogen-bond donors (Lipinski definition) is 1. The van der Waals surface area contributed by atoms with Crippen LogP contribution >= 0.6 is 11.3 Å². The summed E-state index contributed by atoms with van der Waals surface area (Å²) in [5, 5.41) is 5.06. The van der Waals surface area contributed by atoms with Gasteiger partial charge in [-0.15, -0.1) is 11.3 Å². The Kier molecular flexibility index (Phi) is 5.32. The highest BCUT2D eigenvalue weighted by molar-refractivity contribution is 7.10. The minimum absolute atomic E-state index is 0.107. The molecule has 1 aliphatic rings. The van der Waals surface area contributed by atoms with E-state index in [1.54, 1.807) is 23.5 Å². The maximum absolute atomic E-state index is 13.4. The Bertz CT molecular complexity index is 926. The second-order valence-corrected chi connectivity index (χ2v) is 7.72. The molecule has 27 heavy (non-hydrogen) atoms. The van der Waals surface area contributed by atoms with Crippen LogP contribution in [0.3, 0.4) is 0 Å². The van der Waals surface area contributed by atoms with Gasteiger partial charge in [-0.3, -0.25) is 9.69 Å². The molecule has 4 rings (SSSR count). The van der Waals surface area contributed by atoms with Gasteiger partial charge in [-0.1, -0.05) is 36.4 Å². The predicted molar refractivity (Wildman–Crippen MR) is 106 cm³/mol. The van der Waals surface area contributed by atoms with Gasteiger partial charge >= 0.3 is 0 Å². The average Bonchev–Trinajstić information content (AvgIpc) is 3.22. The molecule has 1 atom stereocenters. The van der Waals surface area contributed by atoms with Gasteiger partial charge in [-0.05, 0) is 47.2 Å². The molecule has 0 unspecified atom stereocenters. The van der Waals surface area contributed by atoms with E-state index in [9.17, 15) is 9.18 Å². The molecule has 3 aromatic rings. The summed E-state index contributed by atoms with van der Waals surface area (Å²) in [6.45, 7) is 2.32. The molecule has 1 aromatic heterocycles. The number of carbonyl (C=O) groups is 1. The lowest BCUT2D eigenvalue weighted by Gasteiger charge is -2.35. The molecule has 0 bridgehead atoms. The van der Waals surface area contributed by atoms with Crippen molar-refractivity contribution in [2.24, 2.45) is 0 Å². The molecule has 1 N–H and O–H groups in total. The molecule has 0 spiro atoms. The number of thiophene rings is 1. The summed E-state index contributed by atoms with van der Waals surface area (Å²) in [5.41, 5.74) is 3.10. The lowest BCUT2D eigenvalue weighted by Crippen LogP contribution is -2.40. The van der Waals surface area contributed by atoms with Crippen LogP contribution in [0.2, 0.25) is 0 Å². The standard InChI is InChI=1S/C22H21FN2OS/c23-19-8-3-7-17(13-19)22(26)24-14-20(21-9-4-12-27-21)25-11-10-16-5-1-2-6-18(16)15-25/h1-9,12-13,20H,10-11,14-15H2,(H,24,26)/t20-/m1/s1. The largest absolute Gasteiger partial charge is 0.350 e. The van der Waals surface area contributed by atoms with Crippen molar-refractivity contribution in [1.29, 1.82) is 0 Å². The van der Waals surface area contributed by atoms with E-state index in [1.807, 2.05) is 6.07 Å². The van der Waals surface area contributed by atoms with E-state index in [0.717, 1.165) is 19.5 Å². The summed E-state index contributed by atoms with van der Waals surface area (Å²) in [6.07, 6.45) is 1.01. The maximum atomic E-state index is 13.4. The highest BCUT2D eigenvalue weighted by atomic mass is 32.1. The normalized spacial score (nSPS) is 15.1. The topological polar surface area (TPSA) is 32.3 Å².